The van der Waals surface area contributed by atoms with Gasteiger partial charge in [-0.3, -0.25) is 9.80 Å². The number of alkyl halides is 6. The summed E-state index contributed by atoms with van der Waals surface area (Å²) >= 11 is 0. The van der Waals surface area contributed by atoms with Crippen LogP contribution in [0.5, 0.6) is 5.75 Å². The van der Waals surface area contributed by atoms with Crippen LogP contribution in [0.2, 0.25) is 0 Å². The SMILES string of the molecule is CCOC(=O)N1c2cc(COCCOC)c(OC)cc2[C@@H](N(Cc2cc(C(F)(F)F)cc(C(F)(F)F)c2)C(=O)OC)C[C@H]1C. The fourth-order valence-corrected chi connectivity index (χ4v) is 5.02. The van der Waals surface area contributed by atoms with Crippen LogP contribution in [0, 0.1) is 0 Å². The summed E-state index contributed by atoms with van der Waals surface area (Å²) in [5, 5.41) is 0. The Hall–Kier alpha value is -3.72. The Morgan fingerprint density at radius 1 is 0.955 bits per heavy atom. The highest BCUT2D eigenvalue weighted by atomic mass is 19.4. The molecule has 15 heteroatoms. The fourth-order valence-electron chi connectivity index (χ4n) is 5.02. The van der Waals surface area contributed by atoms with Crippen molar-refractivity contribution in [2.75, 3.05) is 46.0 Å². The van der Waals surface area contributed by atoms with Crippen LogP contribution in [0.1, 0.15) is 54.1 Å². The molecule has 1 heterocycles. The number of anilines is 1. The zero-order valence-corrected chi connectivity index (χ0v) is 24.8. The van der Waals surface area contributed by atoms with Gasteiger partial charge in [0.1, 0.15) is 5.75 Å². The highest BCUT2D eigenvalue weighted by Gasteiger charge is 2.41. The second kappa shape index (κ2) is 14.4. The smallest absolute Gasteiger partial charge is 0.416 e. The van der Waals surface area contributed by atoms with Crippen LogP contribution in [0.3, 0.4) is 0 Å². The summed E-state index contributed by atoms with van der Waals surface area (Å²) in [4.78, 5) is 28.6. The van der Waals surface area contributed by atoms with E-state index in [1.165, 1.54) is 19.1 Å². The predicted molar refractivity (Wildman–Crippen MR) is 145 cm³/mol. The molecule has 2 aromatic rings. The minimum absolute atomic E-state index is 0.0162. The third kappa shape index (κ3) is 8.05. The van der Waals surface area contributed by atoms with Gasteiger partial charge in [-0.15, -0.1) is 0 Å². The molecular weight excluding hydrogens is 602 g/mol. The van der Waals surface area contributed by atoms with E-state index in [9.17, 15) is 35.9 Å². The van der Waals surface area contributed by atoms with Gasteiger partial charge in [0.05, 0.1) is 63.5 Å². The van der Waals surface area contributed by atoms with Crippen molar-refractivity contribution in [1.82, 2.24) is 4.90 Å². The van der Waals surface area contributed by atoms with E-state index in [1.54, 1.807) is 26.0 Å². The molecule has 9 nitrogen and oxygen atoms in total. The molecule has 44 heavy (non-hydrogen) atoms. The van der Waals surface area contributed by atoms with Crippen LogP contribution in [-0.4, -0.2) is 64.3 Å². The van der Waals surface area contributed by atoms with Gasteiger partial charge in [0.15, 0.2) is 0 Å². The van der Waals surface area contributed by atoms with Crippen LogP contribution >= 0.6 is 0 Å². The van der Waals surface area contributed by atoms with Crippen molar-refractivity contribution < 1.29 is 59.6 Å². The van der Waals surface area contributed by atoms with E-state index in [-0.39, 0.29) is 32.3 Å². The zero-order valence-electron chi connectivity index (χ0n) is 24.8. The summed E-state index contributed by atoms with van der Waals surface area (Å²) in [6.45, 7) is 3.33. The maximum absolute atomic E-state index is 13.6. The lowest BCUT2D eigenvalue weighted by molar-refractivity contribution is -0.143. The molecule has 0 bridgehead atoms. The second-order valence-electron chi connectivity index (χ2n) is 9.95. The van der Waals surface area contributed by atoms with E-state index in [2.05, 4.69) is 0 Å². The van der Waals surface area contributed by atoms with Gasteiger partial charge in [-0.2, -0.15) is 26.3 Å². The first-order chi connectivity index (χ1) is 20.7. The lowest BCUT2D eigenvalue weighted by atomic mass is 9.89. The second-order valence-corrected chi connectivity index (χ2v) is 9.95. The Balaban J connectivity index is 2.18. The number of amides is 2. The number of benzene rings is 2. The number of hydrogen-bond donors (Lipinski definition) is 0. The number of halogens is 6. The predicted octanol–water partition coefficient (Wildman–Crippen LogP) is 6.96. The topological polar surface area (TPSA) is 86.8 Å². The molecule has 0 aliphatic carbocycles. The molecular formula is C29H34F6N2O7. The summed E-state index contributed by atoms with van der Waals surface area (Å²) < 4.78 is 108. The molecule has 1 aliphatic heterocycles. The Labute approximate surface area is 250 Å². The molecule has 2 atom stereocenters. The molecule has 1 aliphatic rings. The molecule has 3 rings (SSSR count). The van der Waals surface area contributed by atoms with Gasteiger partial charge in [0.2, 0.25) is 0 Å². The van der Waals surface area contributed by atoms with Crippen molar-refractivity contribution >= 4 is 17.9 Å². The van der Waals surface area contributed by atoms with Gasteiger partial charge >= 0.3 is 24.5 Å². The van der Waals surface area contributed by atoms with Crippen molar-refractivity contribution in [1.29, 1.82) is 0 Å². The normalized spacial score (nSPS) is 16.8. The number of nitrogens with zero attached hydrogens (tertiary/aromatic N) is 2. The first-order valence-electron chi connectivity index (χ1n) is 13.5. The third-order valence-electron chi connectivity index (χ3n) is 6.99. The molecule has 0 saturated heterocycles. The van der Waals surface area contributed by atoms with E-state index in [4.69, 9.17) is 23.7 Å². The van der Waals surface area contributed by atoms with Crippen LogP contribution in [-0.2, 0) is 44.5 Å². The van der Waals surface area contributed by atoms with E-state index < -0.39 is 59.9 Å². The number of fused-ring (bicyclic) bond motifs is 1. The minimum atomic E-state index is -5.08. The number of ether oxygens (including phenoxy) is 5. The van der Waals surface area contributed by atoms with Crippen molar-refractivity contribution in [3.8, 4) is 5.75 Å². The maximum Gasteiger partial charge on any atom is 0.416 e. The summed E-state index contributed by atoms with van der Waals surface area (Å²) in [6, 6.07) is 2.72. The van der Waals surface area contributed by atoms with Crippen LogP contribution in [0.25, 0.3) is 0 Å². The number of methoxy groups -OCH3 is 3. The summed E-state index contributed by atoms with van der Waals surface area (Å²) in [5.41, 5.74) is -2.29. The Morgan fingerprint density at radius 3 is 2.11 bits per heavy atom. The number of carbonyl (C=O) groups is 2. The number of hydrogen-bond acceptors (Lipinski definition) is 7. The quantitative estimate of drug-likeness (QED) is 0.206. The maximum atomic E-state index is 13.6. The lowest BCUT2D eigenvalue weighted by Gasteiger charge is -2.43. The standard InChI is InChI=1S/C29H34F6N2O7/c1-6-44-27(39)37-17(2)9-23(22-14-25(41-4)19(12-24(22)37)16-43-8-7-40-3)36(26(38)42-5)15-18-10-20(28(30,31)32)13-21(11-18)29(33,34)35/h10-14,17,23H,6-9,15-16H2,1-5H3/t17-,23+/m1/s1. The average molecular weight is 637 g/mol. The van der Waals surface area contributed by atoms with Crippen molar-refractivity contribution in [2.24, 2.45) is 0 Å². The van der Waals surface area contributed by atoms with Gasteiger partial charge in [0, 0.05) is 30.8 Å². The van der Waals surface area contributed by atoms with Crippen LogP contribution < -0.4 is 9.64 Å². The highest BCUT2D eigenvalue weighted by molar-refractivity contribution is 5.91. The van der Waals surface area contributed by atoms with E-state index >= 15 is 0 Å². The van der Waals surface area contributed by atoms with Crippen molar-refractivity contribution in [3.05, 3.63) is 58.1 Å². The molecule has 0 unspecified atom stereocenters. The Kier molecular flexibility index (Phi) is 11.4. The first kappa shape index (κ1) is 34.8. The fraction of sp³-hybridized carbons (Fsp3) is 0.517. The van der Waals surface area contributed by atoms with Gasteiger partial charge in [-0.25, -0.2) is 9.59 Å². The number of carbonyl (C=O) groups excluding carboxylic acids is 2. The molecule has 0 radical (unpaired) electrons. The summed E-state index contributed by atoms with van der Waals surface area (Å²) in [6.07, 6.45) is -11.8. The van der Waals surface area contributed by atoms with E-state index in [0.29, 0.717) is 41.3 Å². The highest BCUT2D eigenvalue weighted by Crippen LogP contribution is 2.45. The third-order valence-corrected chi connectivity index (χ3v) is 6.99. The molecule has 0 spiro atoms. The Morgan fingerprint density at radius 2 is 1.59 bits per heavy atom. The Bertz CT molecular complexity index is 1290. The van der Waals surface area contributed by atoms with Crippen LogP contribution in [0.4, 0.5) is 41.6 Å². The molecule has 0 saturated carbocycles. The number of rotatable bonds is 10. The molecule has 2 aromatic carbocycles. The van der Waals surface area contributed by atoms with Crippen LogP contribution in [0.15, 0.2) is 30.3 Å². The summed E-state index contributed by atoms with van der Waals surface area (Å²) in [5.74, 6) is 0.313. The summed E-state index contributed by atoms with van der Waals surface area (Å²) in [7, 11) is 3.95. The average Bonchev–Trinajstić information content (AvgIpc) is 2.96. The van der Waals surface area contributed by atoms with Crippen molar-refractivity contribution in [2.45, 2.75) is 57.9 Å². The van der Waals surface area contributed by atoms with Gasteiger partial charge < -0.3 is 23.7 Å². The van der Waals surface area contributed by atoms with Gasteiger partial charge in [-0.05, 0) is 56.2 Å². The van der Waals surface area contributed by atoms with Gasteiger partial charge in [0.25, 0.3) is 0 Å². The molecule has 0 fully saturated rings. The molecule has 244 valence electrons. The minimum Gasteiger partial charge on any atom is -0.496 e. The zero-order chi connectivity index (χ0) is 32.8. The van der Waals surface area contributed by atoms with Crippen molar-refractivity contribution in [3.63, 3.8) is 0 Å². The molecule has 2 amide bonds. The lowest BCUT2D eigenvalue weighted by Crippen LogP contribution is -2.47. The largest absolute Gasteiger partial charge is 0.496 e. The molecule has 0 N–H and O–H groups in total. The molecule has 0 aromatic heterocycles. The monoisotopic (exact) mass is 636 g/mol. The van der Waals surface area contributed by atoms with Gasteiger partial charge in [-0.1, -0.05) is 0 Å². The first-order valence-corrected chi connectivity index (χ1v) is 13.5. The van der Waals surface area contributed by atoms with E-state index in [0.717, 1.165) is 12.0 Å². The van der Waals surface area contributed by atoms with E-state index in [1.807, 2.05) is 0 Å².